The first-order valence-corrected chi connectivity index (χ1v) is 22.8. The molecule has 0 spiro atoms. The largest absolute Gasteiger partial charge is 0.470 e. The number of benzene rings is 2. The van der Waals surface area contributed by atoms with Crippen LogP contribution in [0, 0.1) is 22.7 Å². The second kappa shape index (κ2) is 16.6. The molecule has 4 fully saturated rings. The quantitative estimate of drug-likeness (QED) is 0.121. The van der Waals surface area contributed by atoms with Crippen molar-refractivity contribution in [2.75, 3.05) is 17.3 Å². The molecule has 0 bridgehead atoms. The number of Topliss-reactive ketones (excluding diaryl/α,β-unsaturated/α-hetero) is 1. The lowest BCUT2D eigenvalue weighted by atomic mass is 9.44. The van der Waals surface area contributed by atoms with Gasteiger partial charge in [0.25, 0.3) is 0 Å². The van der Waals surface area contributed by atoms with Gasteiger partial charge >= 0.3 is 7.82 Å². The Balaban J connectivity index is 1.08. The Labute approximate surface area is 360 Å². The number of aliphatic hydroxyl groups is 1. The highest BCUT2D eigenvalue weighted by atomic mass is 79.9. The van der Waals surface area contributed by atoms with Crippen molar-refractivity contribution in [1.82, 2.24) is 10.6 Å². The van der Waals surface area contributed by atoms with Crippen molar-refractivity contribution >= 4 is 58.7 Å². The van der Waals surface area contributed by atoms with E-state index in [9.17, 15) is 43.4 Å². The number of aliphatic hydroxyl groups excluding tert-OH is 1. The Morgan fingerprint density at radius 3 is 2.41 bits per heavy atom. The van der Waals surface area contributed by atoms with Crippen molar-refractivity contribution in [2.45, 2.75) is 102 Å². The van der Waals surface area contributed by atoms with Crippen LogP contribution in [0.25, 0.3) is 0 Å². The number of carbonyl (C=O) groups excluding carboxylic acids is 5. The SMILES string of the molecule is C[C@H](NC(=O)CBr)C(=O)N[C@@H](C)C(=O)Nc1ccc(Cc2cccc([C@@H]3O[C@@H]4C[C@H]5[C@@H]6CCC7=CC(=O)C=C[C@]7(C)[C@@]6(F)[C@@H](O)C[C@]5(C)[C@]4(C(=O)COP(=O)(O)O)O3)c2)cc1. The number of hydrogen-bond donors (Lipinski definition) is 6. The summed E-state index contributed by atoms with van der Waals surface area (Å²) in [6.45, 7) is 5.48. The van der Waals surface area contributed by atoms with Crippen LogP contribution < -0.4 is 16.0 Å². The number of ketones is 2. The maximum absolute atomic E-state index is 17.9. The van der Waals surface area contributed by atoms with Crippen molar-refractivity contribution in [2.24, 2.45) is 22.7 Å². The molecule has 1 saturated heterocycles. The van der Waals surface area contributed by atoms with Gasteiger partial charge < -0.3 is 40.3 Å². The third kappa shape index (κ3) is 8.01. The van der Waals surface area contributed by atoms with Gasteiger partial charge in [-0.2, -0.15) is 0 Å². The first-order chi connectivity index (χ1) is 28.6. The molecule has 3 amide bonds. The summed E-state index contributed by atoms with van der Waals surface area (Å²) in [5.74, 6) is -3.69. The molecule has 328 valence electrons. The number of hydrogen-bond acceptors (Lipinski definition) is 10. The number of alkyl halides is 2. The third-order valence-electron chi connectivity index (χ3n) is 13.7. The summed E-state index contributed by atoms with van der Waals surface area (Å²) in [7, 11) is -5.09. The molecular weight excluding hydrogens is 880 g/mol. The van der Waals surface area contributed by atoms with Gasteiger partial charge in [0.1, 0.15) is 18.7 Å². The van der Waals surface area contributed by atoms with E-state index in [0.717, 1.165) is 11.1 Å². The minimum atomic E-state index is -5.09. The number of ether oxygens (including phenoxy) is 2. The number of amides is 3. The predicted octanol–water partition coefficient (Wildman–Crippen LogP) is 4.43. The average Bonchev–Trinajstić information content (AvgIpc) is 3.71. The minimum Gasteiger partial charge on any atom is -0.390 e. The van der Waals surface area contributed by atoms with Crippen LogP contribution in [0.4, 0.5) is 10.1 Å². The summed E-state index contributed by atoms with van der Waals surface area (Å²) in [6, 6.07) is 12.7. The zero-order valence-corrected chi connectivity index (χ0v) is 36.5. The lowest BCUT2D eigenvalue weighted by Gasteiger charge is -2.62. The second-order valence-electron chi connectivity index (χ2n) is 17.3. The molecule has 3 saturated carbocycles. The topological polar surface area (TPSA) is 227 Å². The van der Waals surface area contributed by atoms with Gasteiger partial charge in [0.2, 0.25) is 17.7 Å². The fourth-order valence-electron chi connectivity index (χ4n) is 10.6. The lowest BCUT2D eigenvalue weighted by Crippen LogP contribution is -2.69. The highest BCUT2D eigenvalue weighted by Crippen LogP contribution is 2.72. The van der Waals surface area contributed by atoms with Crippen LogP contribution in [0.5, 0.6) is 0 Å². The molecule has 6 N–H and O–H groups in total. The van der Waals surface area contributed by atoms with Gasteiger partial charge in [-0.15, -0.1) is 0 Å². The summed E-state index contributed by atoms with van der Waals surface area (Å²) in [6.07, 6.45) is 1.71. The molecule has 5 aliphatic rings. The number of allylic oxidation sites excluding steroid dienone is 4. The van der Waals surface area contributed by atoms with Gasteiger partial charge in [-0.1, -0.05) is 70.9 Å². The number of rotatable bonds is 13. The van der Waals surface area contributed by atoms with E-state index in [1.807, 2.05) is 24.3 Å². The van der Waals surface area contributed by atoms with Gasteiger partial charge in [0.05, 0.1) is 17.5 Å². The van der Waals surface area contributed by atoms with Gasteiger partial charge in [0.15, 0.2) is 29.1 Å². The summed E-state index contributed by atoms with van der Waals surface area (Å²) in [4.78, 5) is 82.6. The van der Waals surface area contributed by atoms with Gasteiger partial charge in [-0.25, -0.2) is 8.96 Å². The number of halogens is 2. The van der Waals surface area contributed by atoms with E-state index in [4.69, 9.17) is 14.0 Å². The Morgan fingerprint density at radius 2 is 1.72 bits per heavy atom. The highest BCUT2D eigenvalue weighted by molar-refractivity contribution is 9.09. The average molecular weight is 931 g/mol. The van der Waals surface area contributed by atoms with E-state index in [2.05, 4.69) is 31.9 Å². The number of phosphoric ester groups is 1. The summed E-state index contributed by atoms with van der Waals surface area (Å²) in [5, 5.41) is 19.8. The van der Waals surface area contributed by atoms with Gasteiger partial charge in [0, 0.05) is 28.0 Å². The molecule has 18 heteroatoms. The zero-order chi connectivity index (χ0) is 44.3. The second-order valence-corrected chi connectivity index (χ2v) is 19.1. The number of carbonyl (C=O) groups is 5. The van der Waals surface area contributed by atoms with E-state index in [0.29, 0.717) is 36.1 Å². The van der Waals surface area contributed by atoms with Gasteiger partial charge in [-0.3, -0.25) is 28.5 Å². The summed E-state index contributed by atoms with van der Waals surface area (Å²) in [5.41, 5.74) is -3.19. The van der Waals surface area contributed by atoms with Crippen LogP contribution in [0.15, 0.2) is 72.3 Å². The van der Waals surface area contributed by atoms with Gasteiger partial charge in [-0.05, 0) is 94.2 Å². The Kier molecular flexibility index (Phi) is 12.3. The molecule has 1 heterocycles. The standard InChI is InChI=1S/C43H50BrFN3O12P/c1-23(46-36(52)21-44)37(53)47-24(2)38(54)48-29-11-8-25(9-12-29)16-26-6-5-7-27(17-26)39-59-35-19-32-31-13-10-28-18-30(49)14-15-40(28,3)42(31,45)33(50)20-41(32,4)43(35,60-39)34(51)22-58-61(55,56)57/h5-9,11-12,14-15,17-18,23-24,31-33,35,39,50H,10,13,16,19-22H2,1-4H3,(H,46,52)(H,47,53)(H,48,54)(H2,55,56,57)/t23-,24-,31-,32-,33-,35+,39+,40-,41-,42-,43+/m0/s1. The normalized spacial score (nSPS) is 33.6. The minimum absolute atomic E-state index is 0.0394. The number of nitrogens with one attached hydrogen (secondary N) is 3. The molecule has 4 aliphatic carbocycles. The first kappa shape index (κ1) is 45.1. The van der Waals surface area contributed by atoms with E-state index in [-0.39, 0.29) is 29.9 Å². The highest BCUT2D eigenvalue weighted by Gasteiger charge is 2.79. The Bertz CT molecular complexity index is 2240. The van der Waals surface area contributed by atoms with Crippen molar-refractivity contribution < 1.29 is 61.8 Å². The monoisotopic (exact) mass is 929 g/mol. The molecule has 0 radical (unpaired) electrons. The molecule has 2 aromatic carbocycles. The number of anilines is 1. The van der Waals surface area contributed by atoms with Crippen LogP contribution in [0.1, 0.15) is 76.4 Å². The molecule has 1 aliphatic heterocycles. The number of phosphoric acid groups is 1. The third-order valence-corrected chi connectivity index (χ3v) is 14.6. The predicted molar refractivity (Wildman–Crippen MR) is 221 cm³/mol. The van der Waals surface area contributed by atoms with Crippen LogP contribution in [0.3, 0.4) is 0 Å². The maximum atomic E-state index is 17.9. The number of fused-ring (bicyclic) bond motifs is 7. The Morgan fingerprint density at radius 1 is 1.02 bits per heavy atom. The summed E-state index contributed by atoms with van der Waals surface area (Å²) < 4.78 is 47.7. The van der Waals surface area contributed by atoms with Crippen molar-refractivity contribution in [3.63, 3.8) is 0 Å². The fourth-order valence-corrected chi connectivity index (χ4v) is 11.1. The zero-order valence-electron chi connectivity index (χ0n) is 34.1. The van der Waals surface area contributed by atoms with E-state index < -0.39 is 96.5 Å². The van der Waals surface area contributed by atoms with E-state index in [1.54, 1.807) is 44.2 Å². The van der Waals surface area contributed by atoms with E-state index >= 15 is 4.39 Å². The first-order valence-electron chi connectivity index (χ1n) is 20.2. The Hall–Kier alpha value is -3.93. The summed E-state index contributed by atoms with van der Waals surface area (Å²) >= 11 is 3.02. The fraction of sp³-hybridized carbons (Fsp3) is 0.512. The molecule has 0 unspecified atom stereocenters. The van der Waals surface area contributed by atoms with Crippen LogP contribution in [-0.2, 0) is 49.0 Å². The molecule has 2 aromatic rings. The molecular formula is C43H50BrFN3O12P. The molecule has 7 rings (SSSR count). The molecule has 15 nitrogen and oxygen atoms in total. The molecule has 11 atom stereocenters. The van der Waals surface area contributed by atoms with Crippen LogP contribution in [0.2, 0.25) is 0 Å². The molecule has 0 aromatic heterocycles. The lowest BCUT2D eigenvalue weighted by molar-refractivity contribution is -0.231. The molecule has 61 heavy (non-hydrogen) atoms. The van der Waals surface area contributed by atoms with Crippen molar-refractivity contribution in [3.05, 3.63) is 89.0 Å². The smallest absolute Gasteiger partial charge is 0.390 e. The van der Waals surface area contributed by atoms with Crippen molar-refractivity contribution in [3.8, 4) is 0 Å². The maximum Gasteiger partial charge on any atom is 0.470 e. The van der Waals surface area contributed by atoms with Crippen LogP contribution >= 0.6 is 23.8 Å². The van der Waals surface area contributed by atoms with Crippen molar-refractivity contribution in [1.29, 1.82) is 0 Å². The van der Waals surface area contributed by atoms with E-state index in [1.165, 1.54) is 26.0 Å². The van der Waals surface area contributed by atoms with Crippen LogP contribution in [-0.4, -0.2) is 91.7 Å².